The number of primary amides is 1. The second kappa shape index (κ2) is 39.8. The van der Waals surface area contributed by atoms with Crippen LogP contribution in [-0.2, 0) is 62.2 Å². The molecule has 13 atom stereocenters. The number of nitrogens with two attached hydrogens (primary N) is 1. The van der Waals surface area contributed by atoms with Crippen LogP contribution in [0.2, 0.25) is 0 Å². The Balaban J connectivity index is 1.45. The van der Waals surface area contributed by atoms with Crippen molar-refractivity contribution in [1.82, 2.24) is 51.5 Å². The molecule has 2 aromatic rings. The molecule has 1 fully saturated rings. The minimum absolute atomic E-state index is 0.0273. The van der Waals surface area contributed by atoms with E-state index in [1.54, 1.807) is 79.5 Å². The van der Waals surface area contributed by atoms with E-state index < -0.39 is 138 Å². The topological polar surface area (TPSA) is 376 Å². The van der Waals surface area contributed by atoms with Gasteiger partial charge in [0.25, 0.3) is 17.7 Å². The van der Waals surface area contributed by atoms with Gasteiger partial charge < -0.3 is 72.1 Å². The Kier molecular flexibility index (Phi) is 33.3. The van der Waals surface area contributed by atoms with Crippen LogP contribution in [0.25, 0.3) is 0 Å². The van der Waals surface area contributed by atoms with Crippen molar-refractivity contribution in [3.63, 3.8) is 0 Å². The van der Waals surface area contributed by atoms with E-state index in [0.717, 1.165) is 9.80 Å². The Bertz CT molecular complexity index is 3040. The molecular weight excluding hydrogens is 1260 g/mol. The number of carbonyl (C=O) groups is 12. The Labute approximate surface area is 576 Å². The van der Waals surface area contributed by atoms with Crippen LogP contribution in [0.5, 0.6) is 0 Å². The number of imide groups is 1. The van der Waals surface area contributed by atoms with Gasteiger partial charge in [-0.05, 0) is 86.8 Å². The largest absolute Gasteiger partial charge is 0.431 e. The van der Waals surface area contributed by atoms with Crippen LogP contribution in [0.15, 0.2) is 66.7 Å². The fourth-order valence-corrected chi connectivity index (χ4v) is 12.5. The van der Waals surface area contributed by atoms with Gasteiger partial charge in [-0.1, -0.05) is 118 Å². The summed E-state index contributed by atoms with van der Waals surface area (Å²) in [5.41, 5.74) is 6.29. The van der Waals surface area contributed by atoms with Crippen LogP contribution < -0.4 is 43.0 Å². The maximum atomic E-state index is 14.9. The first kappa shape index (κ1) is 81.9. The summed E-state index contributed by atoms with van der Waals surface area (Å²) in [5, 5.41) is 30.0. The number of rotatable bonds is 39. The van der Waals surface area contributed by atoms with E-state index in [-0.39, 0.29) is 79.6 Å². The molecule has 10 N–H and O–H groups in total. The minimum atomic E-state index is -1.58. The number of nitrogens with zero attached hydrogens (tertiary/aromatic N) is 4. The van der Waals surface area contributed by atoms with Crippen molar-refractivity contribution >= 4 is 76.9 Å². The van der Waals surface area contributed by atoms with E-state index in [4.69, 9.17) is 19.9 Å². The molecule has 98 heavy (non-hydrogen) atoms. The monoisotopic (exact) mass is 1370 g/mol. The van der Waals surface area contributed by atoms with Crippen molar-refractivity contribution < 1.29 is 76.9 Å². The molecule has 0 spiro atoms. The number of aliphatic hydroxyl groups is 1. The van der Waals surface area contributed by atoms with Gasteiger partial charge >= 0.3 is 12.1 Å². The van der Waals surface area contributed by atoms with Crippen molar-refractivity contribution in [2.75, 3.05) is 60.3 Å². The number of ether oxygens (including phenoxy) is 3. The van der Waals surface area contributed by atoms with E-state index in [1.807, 2.05) is 32.0 Å². The predicted octanol–water partition coefficient (Wildman–Crippen LogP) is 4.36. The van der Waals surface area contributed by atoms with Gasteiger partial charge in [0.05, 0.1) is 48.8 Å². The number of hydrogen-bond acceptors (Lipinski definition) is 16. The van der Waals surface area contributed by atoms with Crippen molar-refractivity contribution in [2.45, 2.75) is 200 Å². The third kappa shape index (κ3) is 23.3. The molecule has 1 saturated heterocycles. The number of likely N-dealkylation sites (N-methyl/N-ethyl adjacent to an activating group) is 3. The van der Waals surface area contributed by atoms with Crippen molar-refractivity contribution in [1.29, 1.82) is 0 Å². The molecule has 0 aliphatic carbocycles. The number of methoxy groups -OCH3 is 2. The summed E-state index contributed by atoms with van der Waals surface area (Å²) in [5.74, 6) is -7.39. The van der Waals surface area contributed by atoms with Gasteiger partial charge in [-0.25, -0.2) is 9.59 Å². The summed E-state index contributed by atoms with van der Waals surface area (Å²) in [7, 11) is 7.26. The molecule has 0 saturated carbocycles. The van der Waals surface area contributed by atoms with Gasteiger partial charge in [0.1, 0.15) is 24.2 Å². The summed E-state index contributed by atoms with van der Waals surface area (Å²) in [6.45, 7) is 18.4. The van der Waals surface area contributed by atoms with Crippen LogP contribution in [0, 0.1) is 29.6 Å². The Hall–Kier alpha value is -8.50. The number of hydrogen-bond donors (Lipinski definition) is 9. The molecule has 2 aliphatic rings. The number of likely N-dealkylation sites (tertiary alicyclic amines) is 1. The number of nitrogens with one attached hydrogen (secondary N) is 7. The number of aliphatic hydroxyl groups excluding tert-OH is 1. The fraction of sp³-hybridized carbons (Fsp3) is 0.629. The van der Waals surface area contributed by atoms with Crippen molar-refractivity contribution in [2.24, 2.45) is 35.3 Å². The maximum Gasteiger partial charge on any atom is 0.411 e. The molecule has 2 aromatic carbocycles. The summed E-state index contributed by atoms with van der Waals surface area (Å²) >= 11 is 0. The molecule has 28 heteroatoms. The molecular formula is C70H108N12O16. The molecule has 13 amide bonds. The van der Waals surface area contributed by atoms with E-state index in [1.165, 1.54) is 69.6 Å². The average Bonchev–Trinajstić information content (AvgIpc) is 1.45. The lowest BCUT2D eigenvalue weighted by molar-refractivity contribution is -0.148. The van der Waals surface area contributed by atoms with E-state index >= 15 is 0 Å². The zero-order valence-corrected chi connectivity index (χ0v) is 59.7. The molecule has 2 unspecified atom stereocenters. The quantitative estimate of drug-likeness (QED) is 0.0331. The van der Waals surface area contributed by atoms with E-state index in [2.05, 4.69) is 37.2 Å². The number of urea groups is 1. The van der Waals surface area contributed by atoms with Crippen LogP contribution in [0.4, 0.5) is 15.3 Å². The van der Waals surface area contributed by atoms with Gasteiger partial charge in [0.15, 0.2) is 0 Å². The Morgan fingerprint density at radius 3 is 1.89 bits per heavy atom. The lowest BCUT2D eigenvalue weighted by atomic mass is 9.89. The van der Waals surface area contributed by atoms with Crippen molar-refractivity contribution in [3.8, 4) is 0 Å². The second-order valence-corrected chi connectivity index (χ2v) is 26.5. The summed E-state index contributed by atoms with van der Waals surface area (Å²) < 4.78 is 17.9. The lowest BCUT2D eigenvalue weighted by Gasteiger charge is -2.41. The third-order valence-corrected chi connectivity index (χ3v) is 18.3. The first-order chi connectivity index (χ1) is 46.3. The van der Waals surface area contributed by atoms with Crippen LogP contribution >= 0.6 is 0 Å². The zero-order chi connectivity index (χ0) is 73.2. The number of amides is 13. The van der Waals surface area contributed by atoms with Gasteiger partial charge in [-0.3, -0.25) is 57.7 Å². The predicted molar refractivity (Wildman–Crippen MR) is 366 cm³/mol. The molecule has 0 radical (unpaired) electrons. The molecule has 0 bridgehead atoms. The second-order valence-electron chi connectivity index (χ2n) is 26.5. The molecule has 4 rings (SSSR count). The normalized spacial score (nSPS) is 17.4. The molecule has 544 valence electrons. The van der Waals surface area contributed by atoms with Gasteiger partial charge in [0, 0.05) is 84.8 Å². The Morgan fingerprint density at radius 1 is 0.694 bits per heavy atom. The highest BCUT2D eigenvalue weighted by molar-refractivity contribution is 6.12. The van der Waals surface area contributed by atoms with E-state index in [9.17, 15) is 62.6 Å². The zero-order valence-electron chi connectivity index (χ0n) is 59.7. The molecule has 0 aromatic heterocycles. The molecule has 28 nitrogen and oxygen atoms in total. The van der Waals surface area contributed by atoms with Crippen LogP contribution in [0.1, 0.15) is 157 Å². The number of anilines is 1. The standard InChI is InChI=1S/C70H108N12O16/c1-16-43(8)59(51(96-14)39-55(86)81-38-24-28-50(81)61(97-15)44(9)63(88)74-45(10)60(87)46-25-19-17-20-26-46)79(12)68(93)57(41(4)5)78-66(91)58(42(6)7)80(13)70(95)98-62(67(92)72-11)47-30-32-48(33-31-47)75-64(89)49(27-23-36-73-69(71)94)76-65(90)56(40(2)3)77-52(83)29-21-18-22-37-82-53(84)34-35-54(82)85/h17,19-20,25-26,30-35,40-45,49-51,56-62,87H,16,18,21-24,27-29,36-39H2,1-15H3,(H,72,92)(H,74,88)(H,75,89)(H,76,90)(H,77,83)(H,78,91)(H3,71,73,94)/t43-,44+,45+,49-,50-,51+,56-,57-,58-,59?,60+,61+,62?/m0/s1. The average molecular weight is 1370 g/mol. The fourth-order valence-electron chi connectivity index (χ4n) is 12.5. The molecule has 2 heterocycles. The first-order valence-corrected chi connectivity index (χ1v) is 34.0. The van der Waals surface area contributed by atoms with Crippen LogP contribution in [0.3, 0.4) is 0 Å². The molecule has 2 aliphatic heterocycles. The first-order valence-electron chi connectivity index (χ1n) is 34.0. The summed E-state index contributed by atoms with van der Waals surface area (Å²) in [6.07, 6.45) is 0.739. The smallest absolute Gasteiger partial charge is 0.411 e. The highest BCUT2D eigenvalue weighted by Gasteiger charge is 2.44. The number of carbonyl (C=O) groups excluding carboxylic acids is 12. The number of benzene rings is 2. The number of unbranched alkanes of at least 4 members (excludes halogenated alkanes) is 2. The third-order valence-electron chi connectivity index (χ3n) is 18.3. The summed E-state index contributed by atoms with van der Waals surface area (Å²) in [4.78, 5) is 167. The van der Waals surface area contributed by atoms with Gasteiger partial charge in [0.2, 0.25) is 47.5 Å². The van der Waals surface area contributed by atoms with Gasteiger partial charge in [-0.2, -0.15) is 0 Å². The highest BCUT2D eigenvalue weighted by Crippen LogP contribution is 2.31. The van der Waals surface area contributed by atoms with Gasteiger partial charge in [-0.15, -0.1) is 0 Å². The van der Waals surface area contributed by atoms with Crippen molar-refractivity contribution in [3.05, 3.63) is 77.9 Å². The summed E-state index contributed by atoms with van der Waals surface area (Å²) in [6, 6.07) is 7.63. The SMILES string of the molecule is CC[C@H](C)C([C@@H](CC(=O)N1CCC[C@H]1[C@H](OC)[C@@H](C)C(=O)N[C@H](C)[C@@H](O)c1ccccc1)OC)N(C)C(=O)[C@@H](NC(=O)[C@H](C(C)C)N(C)C(=O)OC(C(=O)NC)c1ccc(NC(=O)[C@H](CCCNC(N)=O)NC(=O)[C@@H](NC(=O)CCCCCN2C(=O)C=CC2=O)C(C)C)cc1)C(C)C. The van der Waals surface area contributed by atoms with E-state index in [0.29, 0.717) is 50.6 Å². The Morgan fingerprint density at radius 2 is 1.33 bits per heavy atom. The minimum Gasteiger partial charge on any atom is -0.431 e. The lowest BCUT2D eigenvalue weighted by Crippen LogP contribution is -2.60. The van der Waals surface area contributed by atoms with Crippen LogP contribution in [-0.4, -0.2) is 205 Å². The maximum absolute atomic E-state index is 14.9. The highest BCUT2D eigenvalue weighted by atomic mass is 16.6.